The van der Waals surface area contributed by atoms with Gasteiger partial charge in [0.25, 0.3) is 0 Å². The standard InChI is InChI=1S/C23H22ClFO3/c1-12-9-10-13(14-7-6-8-16(24)18(14)25)11-15(12)17-19(26)22(2,3)21(28)23(4,5)20(17)27/h6-11,17H,1-5H3. The summed E-state index contributed by atoms with van der Waals surface area (Å²) in [5.41, 5.74) is -0.496. The van der Waals surface area contributed by atoms with Gasteiger partial charge in [-0.3, -0.25) is 14.4 Å². The smallest absolute Gasteiger partial charge is 0.160 e. The molecule has 0 heterocycles. The predicted octanol–water partition coefficient (Wildman–Crippen LogP) is 5.31. The van der Waals surface area contributed by atoms with Crippen molar-refractivity contribution < 1.29 is 18.8 Å². The van der Waals surface area contributed by atoms with Gasteiger partial charge >= 0.3 is 0 Å². The molecule has 0 bridgehead atoms. The minimum Gasteiger partial charge on any atom is -0.298 e. The zero-order chi connectivity index (χ0) is 21.0. The molecule has 0 amide bonds. The van der Waals surface area contributed by atoms with E-state index < -0.39 is 34.1 Å². The first kappa shape index (κ1) is 20.4. The Bertz CT molecular complexity index is 991. The van der Waals surface area contributed by atoms with Crippen LogP contribution in [0.4, 0.5) is 4.39 Å². The van der Waals surface area contributed by atoms with Gasteiger partial charge in [0, 0.05) is 5.56 Å². The van der Waals surface area contributed by atoms with E-state index in [1.807, 2.05) is 0 Å². The Balaban J connectivity index is 2.21. The molecule has 1 aliphatic carbocycles. The fourth-order valence-electron chi connectivity index (χ4n) is 3.97. The number of carbonyl (C=O) groups excluding carboxylic acids is 3. The van der Waals surface area contributed by atoms with Crippen molar-refractivity contribution >= 4 is 29.0 Å². The number of hydrogen-bond donors (Lipinski definition) is 0. The molecule has 0 aliphatic heterocycles. The quantitative estimate of drug-likeness (QED) is 0.642. The first-order chi connectivity index (χ1) is 12.9. The van der Waals surface area contributed by atoms with E-state index in [1.54, 1.807) is 65.0 Å². The van der Waals surface area contributed by atoms with Crippen molar-refractivity contribution in [1.82, 2.24) is 0 Å². The van der Waals surface area contributed by atoms with Crippen LogP contribution in [-0.4, -0.2) is 17.3 Å². The number of hydrogen-bond acceptors (Lipinski definition) is 3. The highest BCUT2D eigenvalue weighted by atomic mass is 35.5. The van der Waals surface area contributed by atoms with E-state index in [0.717, 1.165) is 5.56 Å². The maximum absolute atomic E-state index is 14.5. The molecule has 3 nitrogen and oxygen atoms in total. The molecule has 146 valence electrons. The van der Waals surface area contributed by atoms with Crippen LogP contribution in [0.15, 0.2) is 36.4 Å². The fourth-order valence-corrected chi connectivity index (χ4v) is 4.15. The van der Waals surface area contributed by atoms with Gasteiger partial charge in [-0.15, -0.1) is 0 Å². The Labute approximate surface area is 168 Å². The molecule has 3 rings (SSSR count). The molecule has 28 heavy (non-hydrogen) atoms. The molecule has 0 unspecified atom stereocenters. The largest absolute Gasteiger partial charge is 0.298 e. The first-order valence-corrected chi connectivity index (χ1v) is 9.47. The minimum atomic E-state index is -1.27. The number of ketones is 3. The van der Waals surface area contributed by atoms with Gasteiger partial charge in [-0.05, 0) is 63.4 Å². The monoisotopic (exact) mass is 400 g/mol. The summed E-state index contributed by atoms with van der Waals surface area (Å²) in [6.45, 7) is 8.05. The van der Waals surface area contributed by atoms with E-state index in [-0.39, 0.29) is 10.8 Å². The molecule has 0 aromatic heterocycles. The van der Waals surface area contributed by atoms with Crippen LogP contribution in [0.3, 0.4) is 0 Å². The lowest BCUT2D eigenvalue weighted by Gasteiger charge is -2.41. The summed E-state index contributed by atoms with van der Waals surface area (Å²) in [7, 11) is 0. The molecule has 2 aromatic rings. The molecule has 0 saturated heterocycles. The van der Waals surface area contributed by atoms with Crippen molar-refractivity contribution in [3.63, 3.8) is 0 Å². The molecular weight excluding hydrogens is 379 g/mol. The SMILES string of the molecule is Cc1ccc(-c2cccc(Cl)c2F)cc1C1C(=O)C(C)(C)C(=O)C(C)(C)C1=O. The van der Waals surface area contributed by atoms with E-state index in [0.29, 0.717) is 16.7 Å². The second kappa shape index (κ2) is 6.63. The van der Waals surface area contributed by atoms with Crippen LogP contribution in [0.1, 0.15) is 44.7 Å². The van der Waals surface area contributed by atoms with Crippen LogP contribution in [0, 0.1) is 23.6 Å². The van der Waals surface area contributed by atoms with E-state index in [2.05, 4.69) is 0 Å². The summed E-state index contributed by atoms with van der Waals surface area (Å²) in [5, 5.41) is -0.00249. The van der Waals surface area contributed by atoms with E-state index in [9.17, 15) is 18.8 Å². The van der Waals surface area contributed by atoms with Gasteiger partial charge < -0.3 is 0 Å². The Kier molecular flexibility index (Phi) is 4.83. The molecule has 0 spiro atoms. The normalized spacial score (nSPS) is 19.2. The number of rotatable bonds is 2. The van der Waals surface area contributed by atoms with Crippen molar-refractivity contribution in [2.75, 3.05) is 0 Å². The Hall–Kier alpha value is -2.33. The second-order valence-corrected chi connectivity index (χ2v) is 8.82. The van der Waals surface area contributed by atoms with Crippen LogP contribution in [0.25, 0.3) is 11.1 Å². The average Bonchev–Trinajstić information content (AvgIpc) is 2.64. The van der Waals surface area contributed by atoms with Gasteiger partial charge in [0.2, 0.25) is 0 Å². The van der Waals surface area contributed by atoms with Crippen LogP contribution in [0.2, 0.25) is 5.02 Å². The zero-order valence-corrected chi connectivity index (χ0v) is 17.3. The van der Waals surface area contributed by atoms with Crippen LogP contribution >= 0.6 is 11.6 Å². The first-order valence-electron chi connectivity index (χ1n) is 9.09. The highest BCUT2D eigenvalue weighted by Gasteiger charge is 2.58. The highest BCUT2D eigenvalue weighted by Crippen LogP contribution is 2.45. The van der Waals surface area contributed by atoms with Gasteiger partial charge in [0.05, 0.1) is 15.9 Å². The zero-order valence-electron chi connectivity index (χ0n) is 16.5. The lowest BCUT2D eigenvalue weighted by atomic mass is 9.57. The second-order valence-electron chi connectivity index (χ2n) is 8.41. The van der Waals surface area contributed by atoms with E-state index in [4.69, 9.17) is 11.6 Å². The third-order valence-corrected chi connectivity index (χ3v) is 6.04. The van der Waals surface area contributed by atoms with Gasteiger partial charge in [-0.1, -0.05) is 35.9 Å². The number of aryl methyl sites for hydroxylation is 1. The summed E-state index contributed by atoms with van der Waals surface area (Å²) in [4.78, 5) is 39.0. The third kappa shape index (κ3) is 2.91. The molecule has 0 N–H and O–H groups in total. The molecule has 1 aliphatic rings. The summed E-state index contributed by atoms with van der Waals surface area (Å²) in [6.07, 6.45) is 0. The molecule has 0 radical (unpaired) electrons. The number of halogens is 2. The molecule has 1 fully saturated rings. The van der Waals surface area contributed by atoms with Crippen molar-refractivity contribution in [3.05, 3.63) is 58.4 Å². The summed E-state index contributed by atoms with van der Waals surface area (Å²) < 4.78 is 14.5. The minimum absolute atomic E-state index is 0.00249. The van der Waals surface area contributed by atoms with Crippen LogP contribution < -0.4 is 0 Å². The van der Waals surface area contributed by atoms with Gasteiger partial charge in [-0.2, -0.15) is 0 Å². The van der Waals surface area contributed by atoms with Gasteiger partial charge in [0.1, 0.15) is 11.7 Å². The number of benzene rings is 2. The van der Waals surface area contributed by atoms with Gasteiger partial charge in [0.15, 0.2) is 17.3 Å². The fraction of sp³-hybridized carbons (Fsp3) is 0.348. The molecule has 0 atom stereocenters. The lowest BCUT2D eigenvalue weighted by molar-refractivity contribution is -0.157. The summed E-state index contributed by atoms with van der Waals surface area (Å²) >= 11 is 5.90. The van der Waals surface area contributed by atoms with Crippen LogP contribution in [0.5, 0.6) is 0 Å². The Morgan fingerprint density at radius 2 is 1.50 bits per heavy atom. The average molecular weight is 401 g/mol. The molecular formula is C23H22ClFO3. The van der Waals surface area contributed by atoms with Crippen molar-refractivity contribution in [2.45, 2.75) is 40.5 Å². The van der Waals surface area contributed by atoms with Crippen molar-refractivity contribution in [1.29, 1.82) is 0 Å². The lowest BCUT2D eigenvalue weighted by Crippen LogP contribution is -2.56. The van der Waals surface area contributed by atoms with Crippen molar-refractivity contribution in [2.24, 2.45) is 10.8 Å². The van der Waals surface area contributed by atoms with Crippen LogP contribution in [-0.2, 0) is 14.4 Å². The predicted molar refractivity (Wildman–Crippen MR) is 107 cm³/mol. The highest BCUT2D eigenvalue weighted by molar-refractivity contribution is 6.31. The number of Topliss-reactive ketones (excluding diaryl/α,β-unsaturated/α-hetero) is 3. The summed E-state index contributed by atoms with van der Waals surface area (Å²) in [6, 6.07) is 9.83. The summed E-state index contributed by atoms with van der Waals surface area (Å²) in [5.74, 6) is -2.84. The molecule has 2 aromatic carbocycles. The molecule has 5 heteroatoms. The maximum Gasteiger partial charge on any atom is 0.160 e. The van der Waals surface area contributed by atoms with E-state index >= 15 is 0 Å². The van der Waals surface area contributed by atoms with Crippen molar-refractivity contribution in [3.8, 4) is 11.1 Å². The maximum atomic E-state index is 14.5. The third-order valence-electron chi connectivity index (χ3n) is 5.74. The Morgan fingerprint density at radius 1 is 0.929 bits per heavy atom. The number of carbonyl (C=O) groups is 3. The Morgan fingerprint density at radius 3 is 2.07 bits per heavy atom. The molecule has 1 saturated carbocycles. The van der Waals surface area contributed by atoms with E-state index in [1.165, 1.54) is 6.07 Å². The van der Waals surface area contributed by atoms with Gasteiger partial charge in [-0.25, -0.2) is 4.39 Å². The topological polar surface area (TPSA) is 51.2 Å².